The minimum absolute atomic E-state index is 0.0610. The van der Waals surface area contributed by atoms with Crippen LogP contribution >= 0.6 is 0 Å². The molecule has 0 spiro atoms. The highest BCUT2D eigenvalue weighted by molar-refractivity contribution is 5.77. The number of para-hydroxylation sites is 1. The Morgan fingerprint density at radius 1 is 1.12 bits per heavy atom. The zero-order chi connectivity index (χ0) is 23.2. The molecule has 0 aliphatic carbocycles. The lowest BCUT2D eigenvalue weighted by Crippen LogP contribution is -2.33. The van der Waals surface area contributed by atoms with Crippen LogP contribution < -0.4 is 14.8 Å². The van der Waals surface area contributed by atoms with E-state index in [0.717, 1.165) is 36.7 Å². The lowest BCUT2D eigenvalue weighted by molar-refractivity contribution is -0.123. The number of ether oxygens (including phenoxy) is 2. The highest BCUT2D eigenvalue weighted by Gasteiger charge is 2.23. The molecule has 3 aromatic rings. The van der Waals surface area contributed by atoms with Crippen molar-refractivity contribution in [2.45, 2.75) is 32.5 Å². The van der Waals surface area contributed by atoms with Crippen molar-refractivity contribution in [2.75, 3.05) is 26.8 Å². The molecule has 2 aromatic carbocycles. The Morgan fingerprint density at radius 2 is 1.94 bits per heavy atom. The number of carbonyl (C=O) groups is 1. The number of benzene rings is 2. The minimum atomic E-state index is -0.296. The molecule has 0 bridgehead atoms. The van der Waals surface area contributed by atoms with Crippen molar-refractivity contribution in [3.8, 4) is 17.2 Å². The quantitative estimate of drug-likeness (QED) is 0.542. The molecular weight excluding hydrogens is 422 g/mol. The summed E-state index contributed by atoms with van der Waals surface area (Å²) in [5, 5.41) is 21.9. The molecule has 1 amide bonds. The number of nitrogens with zero attached hydrogens (tertiary/aromatic N) is 4. The Hall–Kier alpha value is -3.59. The van der Waals surface area contributed by atoms with Gasteiger partial charge in [-0.25, -0.2) is 0 Å². The van der Waals surface area contributed by atoms with Crippen LogP contribution in [0, 0.1) is 0 Å². The number of aromatic hydroxyl groups is 1. The highest BCUT2D eigenvalue weighted by atomic mass is 16.5. The van der Waals surface area contributed by atoms with Crippen LogP contribution in [0.2, 0.25) is 0 Å². The highest BCUT2D eigenvalue weighted by Crippen LogP contribution is 2.25. The number of fused-ring (bicyclic) bond motifs is 1. The van der Waals surface area contributed by atoms with Crippen LogP contribution in [0.5, 0.6) is 17.2 Å². The van der Waals surface area contributed by atoms with Gasteiger partial charge in [0.05, 0.1) is 13.2 Å². The van der Waals surface area contributed by atoms with Gasteiger partial charge in [0, 0.05) is 44.2 Å². The fraction of sp³-hybridized carbons (Fsp3) is 0.375. The third-order valence-corrected chi connectivity index (χ3v) is 5.71. The average Bonchev–Trinajstić information content (AvgIpc) is 3.13. The summed E-state index contributed by atoms with van der Waals surface area (Å²) in [4.78, 5) is 14.6. The number of phenolic OH excluding ortho intramolecular Hbond substituents is 1. The first-order chi connectivity index (χ1) is 16.0. The van der Waals surface area contributed by atoms with Crippen molar-refractivity contribution in [1.82, 2.24) is 25.0 Å². The Balaban J connectivity index is 1.34. The van der Waals surface area contributed by atoms with Crippen molar-refractivity contribution >= 4 is 5.91 Å². The molecule has 4 rings (SSSR count). The maximum atomic E-state index is 12.4. The summed E-state index contributed by atoms with van der Waals surface area (Å²) in [6.45, 7) is 4.75. The standard InChI is InChI=1S/C24H29N5O4/c1-17(25-23(31)16-33-19-6-4-3-5-7-19)24-27-26-22-10-11-28(12-13-29(22)24)15-18-8-9-20(32-2)14-21(18)30/h3-9,14,17,30H,10-13,15-16H2,1-2H3,(H,25,31). The number of methoxy groups -OCH3 is 1. The predicted molar refractivity (Wildman–Crippen MR) is 122 cm³/mol. The number of nitrogens with one attached hydrogen (secondary N) is 1. The third kappa shape index (κ3) is 5.61. The van der Waals surface area contributed by atoms with Gasteiger partial charge in [-0.2, -0.15) is 0 Å². The summed E-state index contributed by atoms with van der Waals surface area (Å²) >= 11 is 0. The summed E-state index contributed by atoms with van der Waals surface area (Å²) in [6, 6.07) is 14.3. The van der Waals surface area contributed by atoms with E-state index in [2.05, 4.69) is 25.0 Å². The van der Waals surface area contributed by atoms with E-state index in [9.17, 15) is 9.90 Å². The molecule has 9 nitrogen and oxygen atoms in total. The van der Waals surface area contributed by atoms with Crippen molar-refractivity contribution in [2.24, 2.45) is 0 Å². The van der Waals surface area contributed by atoms with Crippen LogP contribution in [0.3, 0.4) is 0 Å². The molecule has 0 fully saturated rings. The fourth-order valence-electron chi connectivity index (χ4n) is 3.93. The Labute approximate surface area is 193 Å². The van der Waals surface area contributed by atoms with Crippen molar-refractivity contribution in [3.05, 3.63) is 65.7 Å². The summed E-state index contributed by atoms with van der Waals surface area (Å²) in [5.74, 6) is 2.93. The van der Waals surface area contributed by atoms with Gasteiger partial charge >= 0.3 is 0 Å². The molecule has 1 aliphatic heterocycles. The van der Waals surface area contributed by atoms with E-state index in [-0.39, 0.29) is 24.3 Å². The number of phenols is 1. The molecule has 1 aromatic heterocycles. The monoisotopic (exact) mass is 451 g/mol. The number of carbonyl (C=O) groups excluding carboxylic acids is 1. The molecule has 1 unspecified atom stereocenters. The number of aromatic nitrogens is 3. The van der Waals surface area contributed by atoms with Gasteiger partial charge in [-0.1, -0.05) is 24.3 Å². The van der Waals surface area contributed by atoms with Gasteiger partial charge < -0.3 is 24.5 Å². The molecule has 0 saturated heterocycles. The first kappa shape index (κ1) is 22.6. The van der Waals surface area contributed by atoms with Crippen molar-refractivity contribution < 1.29 is 19.4 Å². The summed E-state index contributed by atoms with van der Waals surface area (Å²) in [5.41, 5.74) is 0.854. The third-order valence-electron chi connectivity index (χ3n) is 5.71. The molecule has 174 valence electrons. The average molecular weight is 452 g/mol. The van der Waals surface area contributed by atoms with Gasteiger partial charge in [0.15, 0.2) is 12.4 Å². The smallest absolute Gasteiger partial charge is 0.258 e. The van der Waals surface area contributed by atoms with Gasteiger partial charge in [-0.3, -0.25) is 9.69 Å². The largest absolute Gasteiger partial charge is 0.507 e. The first-order valence-electron chi connectivity index (χ1n) is 11.0. The second kappa shape index (κ2) is 10.4. The van der Waals surface area contributed by atoms with Gasteiger partial charge in [0.25, 0.3) is 5.91 Å². The lowest BCUT2D eigenvalue weighted by atomic mass is 10.1. The normalized spacial score (nSPS) is 14.7. The van der Waals surface area contributed by atoms with Crippen molar-refractivity contribution in [1.29, 1.82) is 0 Å². The minimum Gasteiger partial charge on any atom is -0.507 e. The first-order valence-corrected chi connectivity index (χ1v) is 11.0. The van der Waals surface area contributed by atoms with Crippen LogP contribution in [0.4, 0.5) is 0 Å². The molecule has 33 heavy (non-hydrogen) atoms. The number of hydrogen-bond donors (Lipinski definition) is 2. The van der Waals surface area contributed by atoms with E-state index < -0.39 is 0 Å². The topological polar surface area (TPSA) is 102 Å². The van der Waals surface area contributed by atoms with Crippen LogP contribution in [0.1, 0.15) is 30.2 Å². The number of hydrogen-bond acceptors (Lipinski definition) is 7. The molecular formula is C24H29N5O4. The number of amides is 1. The zero-order valence-electron chi connectivity index (χ0n) is 18.9. The van der Waals surface area contributed by atoms with Crippen molar-refractivity contribution in [3.63, 3.8) is 0 Å². The van der Waals surface area contributed by atoms with Gasteiger partial charge in [0.1, 0.15) is 23.1 Å². The maximum absolute atomic E-state index is 12.4. The Bertz CT molecular complexity index is 1090. The van der Waals surface area contributed by atoms with Crippen LogP contribution in [0.25, 0.3) is 0 Å². The van der Waals surface area contributed by atoms with E-state index in [4.69, 9.17) is 9.47 Å². The van der Waals surface area contributed by atoms with Crippen LogP contribution in [-0.4, -0.2) is 57.5 Å². The van der Waals surface area contributed by atoms with E-state index in [1.807, 2.05) is 49.4 Å². The second-order valence-corrected chi connectivity index (χ2v) is 8.04. The molecule has 2 heterocycles. The van der Waals surface area contributed by atoms with Crippen LogP contribution in [0.15, 0.2) is 48.5 Å². The molecule has 0 radical (unpaired) electrons. The molecule has 1 aliphatic rings. The maximum Gasteiger partial charge on any atom is 0.258 e. The fourth-order valence-corrected chi connectivity index (χ4v) is 3.93. The van der Waals surface area contributed by atoms with Gasteiger partial charge in [-0.05, 0) is 25.1 Å². The summed E-state index contributed by atoms with van der Waals surface area (Å²) < 4.78 is 12.8. The summed E-state index contributed by atoms with van der Waals surface area (Å²) in [7, 11) is 1.58. The number of rotatable bonds is 8. The predicted octanol–water partition coefficient (Wildman–Crippen LogP) is 2.31. The summed E-state index contributed by atoms with van der Waals surface area (Å²) in [6.07, 6.45) is 0.738. The van der Waals surface area contributed by atoms with Crippen LogP contribution in [-0.2, 0) is 24.3 Å². The Morgan fingerprint density at radius 3 is 2.70 bits per heavy atom. The molecule has 9 heteroatoms. The Kier molecular flexibility index (Phi) is 7.09. The SMILES string of the molecule is COc1ccc(CN2CCc3nnc(C(C)NC(=O)COc4ccccc4)n3CC2)c(O)c1. The molecule has 0 saturated carbocycles. The van der Waals surface area contributed by atoms with Gasteiger partial charge in [0.2, 0.25) is 0 Å². The van der Waals surface area contributed by atoms with E-state index in [1.165, 1.54) is 0 Å². The van der Waals surface area contributed by atoms with E-state index >= 15 is 0 Å². The molecule has 2 N–H and O–H groups in total. The zero-order valence-corrected chi connectivity index (χ0v) is 18.9. The van der Waals surface area contributed by atoms with Gasteiger partial charge in [-0.15, -0.1) is 10.2 Å². The molecule has 1 atom stereocenters. The van der Waals surface area contributed by atoms with E-state index in [0.29, 0.717) is 24.6 Å². The second-order valence-electron chi connectivity index (χ2n) is 8.04. The lowest BCUT2D eigenvalue weighted by Gasteiger charge is -2.21. The van der Waals surface area contributed by atoms with E-state index in [1.54, 1.807) is 13.2 Å².